The predicted molar refractivity (Wildman–Crippen MR) is 83.6 cm³/mol. The Hall–Kier alpha value is -2.48. The fourth-order valence-corrected chi connectivity index (χ4v) is 3.08. The zero-order chi connectivity index (χ0) is 17.3. The number of nitrogens with zero attached hydrogens (tertiary/aromatic N) is 3. The van der Waals surface area contributed by atoms with E-state index in [4.69, 9.17) is 0 Å². The summed E-state index contributed by atoms with van der Waals surface area (Å²) in [6.45, 7) is -0.314. The second kappa shape index (κ2) is 6.56. The van der Waals surface area contributed by atoms with Crippen LogP contribution in [0.3, 0.4) is 0 Å². The molecule has 0 spiro atoms. The van der Waals surface area contributed by atoms with Crippen molar-refractivity contribution in [3.8, 4) is 0 Å². The van der Waals surface area contributed by atoms with Gasteiger partial charge in [-0.1, -0.05) is 6.07 Å². The van der Waals surface area contributed by atoms with Crippen LogP contribution in [0, 0.1) is 5.92 Å². The number of pyridine rings is 1. The van der Waals surface area contributed by atoms with E-state index in [9.17, 15) is 19.5 Å². The number of aliphatic hydroxyl groups excluding tert-OH is 1. The van der Waals surface area contributed by atoms with Gasteiger partial charge in [-0.3, -0.25) is 19.5 Å². The van der Waals surface area contributed by atoms with E-state index in [1.807, 2.05) is 12.1 Å². The maximum atomic E-state index is 12.3. The SMILES string of the molecule is CN1CC(=O)N(CC(=O)NC(c2ccccn2)C2CC(O)C2)C1=O. The molecule has 128 valence electrons. The van der Waals surface area contributed by atoms with Gasteiger partial charge in [-0.05, 0) is 30.9 Å². The number of likely N-dealkylation sites (N-methyl/N-ethyl adjacent to an activating group) is 1. The minimum Gasteiger partial charge on any atom is -0.393 e. The molecule has 4 amide bonds. The van der Waals surface area contributed by atoms with Crippen LogP contribution in [0.25, 0.3) is 0 Å². The van der Waals surface area contributed by atoms with E-state index in [1.165, 1.54) is 11.9 Å². The van der Waals surface area contributed by atoms with Crippen LogP contribution in [0.1, 0.15) is 24.6 Å². The molecular weight excluding hydrogens is 312 g/mol. The van der Waals surface area contributed by atoms with Crippen molar-refractivity contribution in [1.29, 1.82) is 0 Å². The van der Waals surface area contributed by atoms with Gasteiger partial charge in [0.05, 0.1) is 17.8 Å². The number of urea groups is 1. The Balaban J connectivity index is 1.67. The summed E-state index contributed by atoms with van der Waals surface area (Å²) in [5.74, 6) is -0.707. The smallest absolute Gasteiger partial charge is 0.327 e. The summed E-state index contributed by atoms with van der Waals surface area (Å²) in [5, 5.41) is 12.4. The van der Waals surface area contributed by atoms with Crippen molar-refractivity contribution in [3.05, 3.63) is 30.1 Å². The molecule has 24 heavy (non-hydrogen) atoms. The first-order valence-electron chi connectivity index (χ1n) is 7.89. The average molecular weight is 332 g/mol. The summed E-state index contributed by atoms with van der Waals surface area (Å²) in [6.07, 6.45) is 2.47. The van der Waals surface area contributed by atoms with E-state index in [0.717, 1.165) is 4.90 Å². The quantitative estimate of drug-likeness (QED) is 0.733. The van der Waals surface area contributed by atoms with Crippen molar-refractivity contribution in [3.63, 3.8) is 0 Å². The Kier molecular flexibility index (Phi) is 4.48. The predicted octanol–water partition coefficient (Wildman–Crippen LogP) is -0.0962. The molecule has 0 bridgehead atoms. The zero-order valence-corrected chi connectivity index (χ0v) is 13.4. The Morgan fingerprint density at radius 2 is 2.17 bits per heavy atom. The van der Waals surface area contributed by atoms with Crippen molar-refractivity contribution in [2.75, 3.05) is 20.1 Å². The number of aliphatic hydroxyl groups is 1. The maximum Gasteiger partial charge on any atom is 0.327 e. The molecule has 1 unspecified atom stereocenters. The summed E-state index contributed by atoms with van der Waals surface area (Å²) in [7, 11) is 1.52. The maximum absolute atomic E-state index is 12.3. The van der Waals surface area contributed by atoms with Crippen LogP contribution in [0.15, 0.2) is 24.4 Å². The van der Waals surface area contributed by atoms with Crippen LogP contribution >= 0.6 is 0 Å². The normalized spacial score (nSPS) is 24.8. The first-order valence-corrected chi connectivity index (χ1v) is 7.89. The molecule has 1 saturated carbocycles. The van der Waals surface area contributed by atoms with E-state index in [0.29, 0.717) is 18.5 Å². The molecule has 2 heterocycles. The molecule has 2 N–H and O–H groups in total. The van der Waals surface area contributed by atoms with Gasteiger partial charge in [0.2, 0.25) is 5.91 Å². The fraction of sp³-hybridized carbons (Fsp3) is 0.500. The van der Waals surface area contributed by atoms with E-state index >= 15 is 0 Å². The van der Waals surface area contributed by atoms with Crippen molar-refractivity contribution in [1.82, 2.24) is 20.1 Å². The Labute approximate surface area is 139 Å². The Bertz CT molecular complexity index is 645. The van der Waals surface area contributed by atoms with Gasteiger partial charge < -0.3 is 15.3 Å². The first-order chi connectivity index (χ1) is 11.5. The first kappa shape index (κ1) is 16.4. The largest absolute Gasteiger partial charge is 0.393 e. The van der Waals surface area contributed by atoms with Gasteiger partial charge >= 0.3 is 6.03 Å². The molecule has 1 aliphatic heterocycles. The molecule has 1 atom stereocenters. The number of carbonyl (C=O) groups excluding carboxylic acids is 3. The van der Waals surface area contributed by atoms with Crippen LogP contribution in [-0.2, 0) is 9.59 Å². The Morgan fingerprint density at radius 1 is 1.42 bits per heavy atom. The monoisotopic (exact) mass is 332 g/mol. The molecule has 8 heteroatoms. The Morgan fingerprint density at radius 3 is 2.71 bits per heavy atom. The highest BCUT2D eigenvalue weighted by molar-refractivity contribution is 6.04. The molecule has 0 radical (unpaired) electrons. The van der Waals surface area contributed by atoms with E-state index < -0.39 is 11.9 Å². The summed E-state index contributed by atoms with van der Waals surface area (Å²) in [4.78, 5) is 42.5. The molecule has 2 aliphatic rings. The number of rotatable bonds is 5. The standard InChI is InChI=1S/C16H20N4O4/c1-19-9-14(23)20(16(19)24)8-13(22)18-15(10-6-11(21)7-10)12-4-2-3-5-17-12/h2-5,10-11,15,21H,6-9H2,1H3,(H,18,22). The average Bonchev–Trinajstić information content (AvgIpc) is 2.77. The van der Waals surface area contributed by atoms with Crippen LogP contribution in [0.5, 0.6) is 0 Å². The molecule has 1 saturated heterocycles. The van der Waals surface area contributed by atoms with E-state index in [2.05, 4.69) is 10.3 Å². The number of aromatic nitrogens is 1. The van der Waals surface area contributed by atoms with Crippen molar-refractivity contribution in [2.45, 2.75) is 25.0 Å². The zero-order valence-electron chi connectivity index (χ0n) is 13.4. The van der Waals surface area contributed by atoms with Gasteiger partial charge in [0.1, 0.15) is 13.1 Å². The van der Waals surface area contributed by atoms with Gasteiger partial charge in [-0.25, -0.2) is 4.79 Å². The highest BCUT2D eigenvalue weighted by atomic mass is 16.3. The van der Waals surface area contributed by atoms with Gasteiger partial charge in [0.25, 0.3) is 5.91 Å². The van der Waals surface area contributed by atoms with Crippen molar-refractivity contribution in [2.24, 2.45) is 5.92 Å². The number of nitrogens with one attached hydrogen (secondary N) is 1. The molecule has 1 aliphatic carbocycles. The lowest BCUT2D eigenvalue weighted by Crippen LogP contribution is -2.46. The van der Waals surface area contributed by atoms with Crippen LogP contribution < -0.4 is 5.32 Å². The third-order valence-electron chi connectivity index (χ3n) is 4.48. The molecule has 3 rings (SSSR count). The summed E-state index contributed by atoms with van der Waals surface area (Å²) in [6, 6.07) is 4.63. The van der Waals surface area contributed by atoms with Crippen LogP contribution in [0.4, 0.5) is 4.79 Å². The highest BCUT2D eigenvalue weighted by Gasteiger charge is 2.38. The highest BCUT2D eigenvalue weighted by Crippen LogP contribution is 2.37. The summed E-state index contributed by atoms with van der Waals surface area (Å²) in [5.41, 5.74) is 0.707. The van der Waals surface area contributed by atoms with Crippen molar-refractivity contribution < 1.29 is 19.5 Å². The molecule has 1 aromatic heterocycles. The topological polar surface area (TPSA) is 103 Å². The van der Waals surface area contributed by atoms with Gasteiger partial charge in [-0.15, -0.1) is 0 Å². The van der Waals surface area contributed by atoms with Crippen molar-refractivity contribution >= 4 is 17.8 Å². The lowest BCUT2D eigenvalue weighted by molar-refractivity contribution is -0.131. The fourth-order valence-electron chi connectivity index (χ4n) is 3.08. The van der Waals surface area contributed by atoms with Gasteiger partial charge in [0.15, 0.2) is 0 Å². The molecule has 2 fully saturated rings. The summed E-state index contributed by atoms with van der Waals surface area (Å²) >= 11 is 0. The number of hydrogen-bond donors (Lipinski definition) is 2. The second-order valence-corrected chi connectivity index (χ2v) is 6.30. The van der Waals surface area contributed by atoms with Crippen LogP contribution in [-0.4, -0.2) is 64.0 Å². The second-order valence-electron chi connectivity index (χ2n) is 6.30. The van der Waals surface area contributed by atoms with E-state index in [-0.39, 0.29) is 37.1 Å². The van der Waals surface area contributed by atoms with Gasteiger partial charge in [-0.2, -0.15) is 0 Å². The number of hydrogen-bond acceptors (Lipinski definition) is 5. The number of amides is 4. The van der Waals surface area contributed by atoms with Gasteiger partial charge in [0, 0.05) is 13.2 Å². The molecule has 1 aromatic rings. The number of imide groups is 1. The minimum atomic E-state index is -0.469. The molecular formula is C16H20N4O4. The third-order valence-corrected chi connectivity index (χ3v) is 4.48. The van der Waals surface area contributed by atoms with E-state index in [1.54, 1.807) is 12.3 Å². The molecule has 0 aromatic carbocycles. The molecule has 8 nitrogen and oxygen atoms in total. The lowest BCUT2D eigenvalue weighted by Gasteiger charge is -2.37. The summed E-state index contributed by atoms with van der Waals surface area (Å²) < 4.78 is 0. The lowest BCUT2D eigenvalue weighted by atomic mass is 9.76. The van der Waals surface area contributed by atoms with Crippen LogP contribution in [0.2, 0.25) is 0 Å². The number of carbonyl (C=O) groups is 3. The third kappa shape index (κ3) is 3.23. The minimum absolute atomic E-state index is 0.00933.